The number of aromatic nitrogens is 2. The Morgan fingerprint density at radius 1 is 1.08 bits per heavy atom. The van der Waals surface area contributed by atoms with E-state index in [9.17, 15) is 13.2 Å². The second-order valence-corrected chi connectivity index (χ2v) is 11.6. The topological polar surface area (TPSA) is 95.6 Å². The Morgan fingerprint density at radius 3 is 2.57 bits per heavy atom. The molecule has 0 unspecified atom stereocenters. The van der Waals surface area contributed by atoms with Gasteiger partial charge in [-0.05, 0) is 43.7 Å². The number of hydrogen-bond donors (Lipinski definition) is 1. The van der Waals surface area contributed by atoms with Crippen LogP contribution in [0.1, 0.15) is 24.2 Å². The molecule has 4 aromatic rings. The van der Waals surface area contributed by atoms with E-state index in [1.807, 2.05) is 62.4 Å². The molecular formula is C27H28N4O4S2. The summed E-state index contributed by atoms with van der Waals surface area (Å²) in [4.78, 5) is 23.1. The van der Waals surface area contributed by atoms with E-state index < -0.39 is 16.2 Å². The van der Waals surface area contributed by atoms with Gasteiger partial charge < -0.3 is 14.6 Å². The molecule has 192 valence electrons. The zero-order chi connectivity index (χ0) is 26.0. The molecule has 5 rings (SSSR count). The SMILES string of the molecule is CCOc1ccc2nc(SCC(=O)N3CCN(S(=O)(=O)c4ccc(C)cc4)[C@@H]3c3ccccc3)[nH]c2c1. The van der Waals surface area contributed by atoms with Crippen molar-refractivity contribution in [3.63, 3.8) is 0 Å². The molecular weight excluding hydrogens is 508 g/mol. The average molecular weight is 537 g/mol. The molecule has 1 atom stereocenters. The molecule has 1 aromatic heterocycles. The second kappa shape index (κ2) is 10.6. The first kappa shape index (κ1) is 25.3. The summed E-state index contributed by atoms with van der Waals surface area (Å²) in [6, 6.07) is 21.7. The van der Waals surface area contributed by atoms with Crippen LogP contribution in [-0.4, -0.2) is 58.9 Å². The van der Waals surface area contributed by atoms with Crippen LogP contribution in [0.2, 0.25) is 0 Å². The number of carbonyl (C=O) groups excluding carboxylic acids is 1. The maximum atomic E-state index is 13.6. The number of sulfonamides is 1. The highest BCUT2D eigenvalue weighted by atomic mass is 32.2. The molecule has 1 aliphatic heterocycles. The van der Waals surface area contributed by atoms with Crippen LogP contribution in [0.15, 0.2) is 82.8 Å². The summed E-state index contributed by atoms with van der Waals surface area (Å²) in [7, 11) is -3.81. The number of rotatable bonds is 8. The van der Waals surface area contributed by atoms with Gasteiger partial charge in [-0.15, -0.1) is 0 Å². The highest BCUT2D eigenvalue weighted by Gasteiger charge is 2.43. The largest absolute Gasteiger partial charge is 0.494 e. The average Bonchev–Trinajstić information content (AvgIpc) is 3.53. The number of H-pyrrole nitrogens is 1. The Bertz CT molecular complexity index is 1500. The van der Waals surface area contributed by atoms with E-state index in [1.165, 1.54) is 16.1 Å². The summed E-state index contributed by atoms with van der Waals surface area (Å²) in [5.41, 5.74) is 3.35. The highest BCUT2D eigenvalue weighted by Crippen LogP contribution is 2.36. The molecule has 0 aliphatic carbocycles. The summed E-state index contributed by atoms with van der Waals surface area (Å²) >= 11 is 1.30. The summed E-state index contributed by atoms with van der Waals surface area (Å²) < 4.78 is 34.2. The van der Waals surface area contributed by atoms with E-state index in [0.29, 0.717) is 18.3 Å². The lowest BCUT2D eigenvalue weighted by molar-refractivity contribution is -0.130. The minimum Gasteiger partial charge on any atom is -0.494 e. The maximum Gasteiger partial charge on any atom is 0.245 e. The Kier molecular flexibility index (Phi) is 7.23. The zero-order valence-corrected chi connectivity index (χ0v) is 22.3. The van der Waals surface area contributed by atoms with E-state index in [1.54, 1.807) is 29.2 Å². The molecule has 10 heteroatoms. The van der Waals surface area contributed by atoms with E-state index in [4.69, 9.17) is 4.74 Å². The molecule has 37 heavy (non-hydrogen) atoms. The quantitative estimate of drug-likeness (QED) is 0.331. The van der Waals surface area contributed by atoms with Gasteiger partial charge in [-0.1, -0.05) is 59.8 Å². The van der Waals surface area contributed by atoms with Crippen molar-refractivity contribution in [2.45, 2.75) is 30.1 Å². The fraction of sp³-hybridized carbons (Fsp3) is 0.259. The van der Waals surface area contributed by atoms with E-state index >= 15 is 0 Å². The zero-order valence-electron chi connectivity index (χ0n) is 20.6. The van der Waals surface area contributed by atoms with Gasteiger partial charge in [0.2, 0.25) is 15.9 Å². The van der Waals surface area contributed by atoms with Crippen LogP contribution >= 0.6 is 11.8 Å². The fourth-order valence-corrected chi connectivity index (χ4v) is 6.78. The lowest BCUT2D eigenvalue weighted by atomic mass is 10.1. The number of aromatic amines is 1. The van der Waals surface area contributed by atoms with Gasteiger partial charge in [-0.3, -0.25) is 4.79 Å². The van der Waals surface area contributed by atoms with Crippen LogP contribution in [-0.2, 0) is 14.8 Å². The third-order valence-electron chi connectivity index (χ3n) is 6.25. The second-order valence-electron chi connectivity index (χ2n) is 8.74. The number of benzene rings is 3. The van der Waals surface area contributed by atoms with Crippen LogP contribution in [0.5, 0.6) is 5.75 Å². The smallest absolute Gasteiger partial charge is 0.245 e. The predicted octanol–water partition coefficient (Wildman–Crippen LogP) is 4.59. The molecule has 1 amide bonds. The summed E-state index contributed by atoms with van der Waals surface area (Å²) in [6.45, 7) is 4.94. The number of carbonyl (C=O) groups is 1. The number of aryl methyl sites for hydroxylation is 1. The number of amides is 1. The third kappa shape index (κ3) is 5.22. The molecule has 3 aromatic carbocycles. The fourth-order valence-electron chi connectivity index (χ4n) is 4.44. The first-order chi connectivity index (χ1) is 17.9. The first-order valence-electron chi connectivity index (χ1n) is 12.0. The summed E-state index contributed by atoms with van der Waals surface area (Å²) in [5, 5.41) is 0.622. The van der Waals surface area contributed by atoms with Crippen LogP contribution in [0.4, 0.5) is 0 Å². The Morgan fingerprint density at radius 2 is 1.84 bits per heavy atom. The highest BCUT2D eigenvalue weighted by molar-refractivity contribution is 7.99. The molecule has 0 spiro atoms. The molecule has 2 heterocycles. The van der Waals surface area contributed by atoms with Crippen molar-refractivity contribution < 1.29 is 17.9 Å². The van der Waals surface area contributed by atoms with Crippen molar-refractivity contribution in [2.75, 3.05) is 25.4 Å². The normalized spacial score (nSPS) is 16.4. The molecule has 1 aliphatic rings. The van der Waals surface area contributed by atoms with Gasteiger partial charge >= 0.3 is 0 Å². The molecule has 8 nitrogen and oxygen atoms in total. The number of imidazole rings is 1. The minimum atomic E-state index is -3.81. The lowest BCUT2D eigenvalue weighted by Gasteiger charge is -2.30. The standard InChI is InChI=1S/C27H28N4O4S2/c1-3-35-21-11-14-23-24(17-21)29-27(28-23)36-18-25(32)30-15-16-31(26(30)20-7-5-4-6-8-20)37(33,34)22-12-9-19(2)10-13-22/h4-14,17,26H,3,15-16,18H2,1-2H3,(H,28,29)/t26-/m1/s1. The maximum absolute atomic E-state index is 13.6. The van der Waals surface area contributed by atoms with Crippen molar-refractivity contribution in [3.05, 3.63) is 83.9 Å². The minimum absolute atomic E-state index is 0.125. The Labute approximate surface area is 220 Å². The van der Waals surface area contributed by atoms with Gasteiger partial charge in [0.15, 0.2) is 5.16 Å². The van der Waals surface area contributed by atoms with E-state index in [0.717, 1.165) is 27.9 Å². The van der Waals surface area contributed by atoms with Crippen molar-refractivity contribution in [1.82, 2.24) is 19.2 Å². The van der Waals surface area contributed by atoms with Crippen molar-refractivity contribution >= 4 is 38.7 Å². The Hall–Kier alpha value is -3.34. The number of fused-ring (bicyclic) bond motifs is 1. The number of thioether (sulfide) groups is 1. The summed E-state index contributed by atoms with van der Waals surface area (Å²) in [6.07, 6.45) is -0.718. The van der Waals surface area contributed by atoms with Crippen LogP contribution < -0.4 is 4.74 Å². The molecule has 0 bridgehead atoms. The molecule has 1 fully saturated rings. The number of hydrogen-bond acceptors (Lipinski definition) is 6. The predicted molar refractivity (Wildman–Crippen MR) is 144 cm³/mol. The van der Waals surface area contributed by atoms with Crippen LogP contribution in [0.25, 0.3) is 11.0 Å². The van der Waals surface area contributed by atoms with Crippen molar-refractivity contribution in [3.8, 4) is 5.75 Å². The monoisotopic (exact) mass is 536 g/mol. The third-order valence-corrected chi connectivity index (χ3v) is 8.98. The van der Waals surface area contributed by atoms with Gasteiger partial charge in [0.05, 0.1) is 28.3 Å². The molecule has 0 saturated carbocycles. The Balaban J connectivity index is 1.37. The van der Waals surface area contributed by atoms with Gasteiger partial charge in [0.1, 0.15) is 11.9 Å². The first-order valence-corrected chi connectivity index (χ1v) is 14.5. The van der Waals surface area contributed by atoms with Gasteiger partial charge in [0.25, 0.3) is 0 Å². The molecule has 0 radical (unpaired) electrons. The van der Waals surface area contributed by atoms with Crippen LogP contribution in [0.3, 0.4) is 0 Å². The van der Waals surface area contributed by atoms with E-state index in [2.05, 4.69) is 9.97 Å². The van der Waals surface area contributed by atoms with Gasteiger partial charge in [-0.2, -0.15) is 4.31 Å². The number of nitrogens with zero attached hydrogens (tertiary/aromatic N) is 3. The van der Waals surface area contributed by atoms with Crippen molar-refractivity contribution in [2.24, 2.45) is 0 Å². The number of ether oxygens (including phenoxy) is 1. The van der Waals surface area contributed by atoms with Gasteiger partial charge in [0, 0.05) is 19.2 Å². The van der Waals surface area contributed by atoms with Crippen molar-refractivity contribution in [1.29, 1.82) is 0 Å². The van der Waals surface area contributed by atoms with E-state index in [-0.39, 0.29) is 23.1 Å². The van der Waals surface area contributed by atoms with Gasteiger partial charge in [-0.25, -0.2) is 13.4 Å². The lowest BCUT2D eigenvalue weighted by Crippen LogP contribution is -2.38. The summed E-state index contributed by atoms with van der Waals surface area (Å²) in [5.74, 6) is 0.722. The molecule has 1 N–H and O–H groups in total. The number of nitrogens with one attached hydrogen (secondary N) is 1. The van der Waals surface area contributed by atoms with Crippen LogP contribution in [0, 0.1) is 6.92 Å². The molecule has 1 saturated heterocycles.